The summed E-state index contributed by atoms with van der Waals surface area (Å²) >= 11 is 0. The molecule has 0 unspecified atom stereocenters. The molecule has 3 heteroatoms. The number of carbonyl (C=O) groups excluding carboxylic acids is 1. The fourth-order valence-electron chi connectivity index (χ4n) is 3.82. The molecule has 0 amide bonds. The lowest BCUT2D eigenvalue weighted by atomic mass is 9.78. The van der Waals surface area contributed by atoms with E-state index in [2.05, 4.69) is 17.0 Å². The normalized spacial score (nSPS) is 30.6. The van der Waals surface area contributed by atoms with Gasteiger partial charge in [-0.05, 0) is 24.9 Å². The summed E-state index contributed by atoms with van der Waals surface area (Å²) in [4.78, 5) is 14.2. The Morgan fingerprint density at radius 1 is 1.25 bits per heavy atom. The number of rotatable bonds is 2. The standard InChI is InChI=1S/C17H23NO2/c1-14(19)20-17(15-7-3-2-4-8-15)10-12-18-11-6-5-9-16(18)13-17/h2-4,7-8,16H,5-6,9-13H2,1H3/t16-,17-/m1/s1. The van der Waals surface area contributed by atoms with E-state index in [1.54, 1.807) is 0 Å². The van der Waals surface area contributed by atoms with E-state index in [0.717, 1.165) is 24.9 Å². The molecule has 1 aromatic carbocycles. The van der Waals surface area contributed by atoms with Crippen LogP contribution in [0.15, 0.2) is 30.3 Å². The second-order valence-corrected chi connectivity index (χ2v) is 6.09. The number of ether oxygens (including phenoxy) is 1. The number of nitrogens with zero attached hydrogens (tertiary/aromatic N) is 1. The minimum Gasteiger partial charge on any atom is -0.454 e. The molecule has 3 rings (SSSR count). The van der Waals surface area contributed by atoms with Crippen LogP contribution in [0.2, 0.25) is 0 Å². The number of hydrogen-bond donors (Lipinski definition) is 0. The highest BCUT2D eigenvalue weighted by molar-refractivity contribution is 5.67. The Labute approximate surface area is 120 Å². The molecular weight excluding hydrogens is 250 g/mol. The Morgan fingerprint density at radius 2 is 2.05 bits per heavy atom. The van der Waals surface area contributed by atoms with Gasteiger partial charge in [-0.25, -0.2) is 0 Å². The third-order valence-electron chi connectivity index (χ3n) is 4.76. The number of esters is 1. The average Bonchev–Trinajstić information content (AvgIpc) is 2.47. The number of fused-ring (bicyclic) bond motifs is 1. The average molecular weight is 273 g/mol. The summed E-state index contributed by atoms with van der Waals surface area (Å²) in [6.45, 7) is 3.76. The molecule has 0 spiro atoms. The zero-order valence-electron chi connectivity index (χ0n) is 12.2. The molecule has 108 valence electrons. The maximum absolute atomic E-state index is 11.6. The second-order valence-electron chi connectivity index (χ2n) is 6.09. The Balaban J connectivity index is 1.89. The minimum absolute atomic E-state index is 0.168. The van der Waals surface area contributed by atoms with Crippen molar-refractivity contribution < 1.29 is 9.53 Å². The van der Waals surface area contributed by atoms with E-state index >= 15 is 0 Å². The number of carbonyl (C=O) groups is 1. The van der Waals surface area contributed by atoms with Gasteiger partial charge in [0, 0.05) is 32.4 Å². The largest absolute Gasteiger partial charge is 0.454 e. The van der Waals surface area contributed by atoms with Gasteiger partial charge in [0.2, 0.25) is 0 Å². The van der Waals surface area contributed by atoms with Crippen LogP contribution in [-0.2, 0) is 15.1 Å². The van der Waals surface area contributed by atoms with Crippen LogP contribution in [0.4, 0.5) is 0 Å². The fraction of sp³-hybridized carbons (Fsp3) is 0.588. The molecule has 2 heterocycles. The predicted octanol–water partition coefficient (Wildman–Crippen LogP) is 3.09. The van der Waals surface area contributed by atoms with E-state index < -0.39 is 5.60 Å². The van der Waals surface area contributed by atoms with Crippen molar-refractivity contribution in [3.8, 4) is 0 Å². The maximum Gasteiger partial charge on any atom is 0.303 e. The van der Waals surface area contributed by atoms with Gasteiger partial charge in [0.05, 0.1) is 0 Å². The summed E-state index contributed by atoms with van der Waals surface area (Å²) in [7, 11) is 0. The summed E-state index contributed by atoms with van der Waals surface area (Å²) in [5.74, 6) is -0.168. The second kappa shape index (κ2) is 5.57. The zero-order valence-corrected chi connectivity index (χ0v) is 12.2. The summed E-state index contributed by atoms with van der Waals surface area (Å²) in [6.07, 6.45) is 5.69. The van der Waals surface area contributed by atoms with Gasteiger partial charge < -0.3 is 9.64 Å². The molecule has 0 aromatic heterocycles. The Morgan fingerprint density at radius 3 is 2.80 bits per heavy atom. The number of piperidine rings is 2. The predicted molar refractivity (Wildman–Crippen MR) is 78.3 cm³/mol. The van der Waals surface area contributed by atoms with Gasteiger partial charge in [0.25, 0.3) is 0 Å². The van der Waals surface area contributed by atoms with Gasteiger partial charge in [0.1, 0.15) is 5.60 Å². The number of hydrogen-bond acceptors (Lipinski definition) is 3. The van der Waals surface area contributed by atoms with E-state index in [0.29, 0.717) is 6.04 Å². The zero-order chi connectivity index (χ0) is 14.0. The van der Waals surface area contributed by atoms with Crippen molar-refractivity contribution in [2.24, 2.45) is 0 Å². The lowest BCUT2D eigenvalue weighted by Gasteiger charge is -2.48. The summed E-state index contributed by atoms with van der Waals surface area (Å²) in [6, 6.07) is 10.8. The number of benzene rings is 1. The van der Waals surface area contributed by atoms with Crippen LogP contribution in [0.1, 0.15) is 44.6 Å². The SMILES string of the molecule is CC(=O)O[C@]1(c2ccccc2)CCN2CCCC[C@@H]2C1. The highest BCUT2D eigenvalue weighted by Crippen LogP contribution is 2.41. The minimum atomic E-state index is -0.411. The third-order valence-corrected chi connectivity index (χ3v) is 4.76. The van der Waals surface area contributed by atoms with E-state index in [4.69, 9.17) is 4.74 Å². The topological polar surface area (TPSA) is 29.5 Å². The molecule has 1 aromatic rings. The highest BCUT2D eigenvalue weighted by Gasteiger charge is 2.44. The van der Waals surface area contributed by atoms with Crippen molar-refractivity contribution in [3.05, 3.63) is 35.9 Å². The van der Waals surface area contributed by atoms with Crippen LogP contribution in [0, 0.1) is 0 Å². The van der Waals surface area contributed by atoms with E-state index in [-0.39, 0.29) is 5.97 Å². The maximum atomic E-state index is 11.6. The molecule has 2 fully saturated rings. The van der Waals surface area contributed by atoms with Crippen LogP contribution in [0.3, 0.4) is 0 Å². The van der Waals surface area contributed by atoms with Crippen molar-refractivity contribution in [1.29, 1.82) is 0 Å². The summed E-state index contributed by atoms with van der Waals surface area (Å²) in [5, 5.41) is 0. The molecule has 3 nitrogen and oxygen atoms in total. The highest BCUT2D eigenvalue weighted by atomic mass is 16.6. The van der Waals surface area contributed by atoms with Crippen LogP contribution in [0.25, 0.3) is 0 Å². The van der Waals surface area contributed by atoms with Crippen LogP contribution < -0.4 is 0 Å². The van der Waals surface area contributed by atoms with Gasteiger partial charge >= 0.3 is 5.97 Å². The first-order chi connectivity index (χ1) is 9.70. The molecule has 0 saturated carbocycles. The molecule has 2 saturated heterocycles. The quantitative estimate of drug-likeness (QED) is 0.776. The van der Waals surface area contributed by atoms with Gasteiger partial charge in [-0.1, -0.05) is 36.8 Å². The van der Waals surface area contributed by atoms with Gasteiger partial charge in [0.15, 0.2) is 0 Å². The first-order valence-corrected chi connectivity index (χ1v) is 7.69. The fourth-order valence-corrected chi connectivity index (χ4v) is 3.82. The monoisotopic (exact) mass is 273 g/mol. The van der Waals surface area contributed by atoms with E-state index in [1.165, 1.54) is 32.7 Å². The summed E-state index contributed by atoms with van der Waals surface area (Å²) < 4.78 is 5.85. The molecule has 2 aliphatic heterocycles. The molecule has 0 N–H and O–H groups in total. The van der Waals surface area contributed by atoms with Crippen molar-refractivity contribution in [2.45, 2.75) is 50.7 Å². The molecule has 0 bridgehead atoms. The first-order valence-electron chi connectivity index (χ1n) is 7.69. The Hall–Kier alpha value is -1.35. The third kappa shape index (κ3) is 2.59. The van der Waals surface area contributed by atoms with E-state index in [1.807, 2.05) is 18.2 Å². The van der Waals surface area contributed by atoms with Crippen molar-refractivity contribution in [3.63, 3.8) is 0 Å². The van der Waals surface area contributed by atoms with Crippen LogP contribution in [-0.4, -0.2) is 30.0 Å². The molecule has 2 atom stereocenters. The molecule has 2 aliphatic rings. The van der Waals surface area contributed by atoms with Crippen LogP contribution >= 0.6 is 0 Å². The van der Waals surface area contributed by atoms with Crippen molar-refractivity contribution in [1.82, 2.24) is 4.90 Å². The smallest absolute Gasteiger partial charge is 0.303 e. The molecule has 0 radical (unpaired) electrons. The molecular formula is C17H23NO2. The lowest BCUT2D eigenvalue weighted by molar-refractivity contribution is -0.168. The van der Waals surface area contributed by atoms with Gasteiger partial charge in [-0.2, -0.15) is 0 Å². The first kappa shape index (κ1) is 13.6. The van der Waals surface area contributed by atoms with Gasteiger partial charge in [-0.15, -0.1) is 0 Å². The van der Waals surface area contributed by atoms with Crippen molar-refractivity contribution in [2.75, 3.05) is 13.1 Å². The van der Waals surface area contributed by atoms with Gasteiger partial charge in [-0.3, -0.25) is 4.79 Å². The van der Waals surface area contributed by atoms with Crippen LogP contribution in [0.5, 0.6) is 0 Å². The Kier molecular flexibility index (Phi) is 3.79. The molecule has 0 aliphatic carbocycles. The van der Waals surface area contributed by atoms with E-state index in [9.17, 15) is 4.79 Å². The lowest BCUT2D eigenvalue weighted by Crippen LogP contribution is -2.52. The molecule has 20 heavy (non-hydrogen) atoms. The summed E-state index contributed by atoms with van der Waals surface area (Å²) in [5.41, 5.74) is 0.742. The van der Waals surface area contributed by atoms with Crippen molar-refractivity contribution >= 4 is 5.97 Å². The Bertz CT molecular complexity index is 473.